The molecule has 2 aromatic rings. The van der Waals surface area contributed by atoms with Crippen LogP contribution < -0.4 is 0 Å². The highest BCUT2D eigenvalue weighted by molar-refractivity contribution is 5.90. The van der Waals surface area contributed by atoms with E-state index in [0.717, 1.165) is 16.9 Å². The first-order valence-electron chi connectivity index (χ1n) is 5.34. The number of ether oxygens (including phenoxy) is 1. The Morgan fingerprint density at radius 3 is 2.65 bits per heavy atom. The van der Waals surface area contributed by atoms with Gasteiger partial charge in [-0.3, -0.25) is 0 Å². The molecule has 0 aliphatic heterocycles. The second-order valence-electron chi connectivity index (χ2n) is 3.83. The third-order valence-electron chi connectivity index (χ3n) is 2.76. The normalized spacial score (nSPS) is 10.3. The third-order valence-corrected chi connectivity index (χ3v) is 2.76. The average Bonchev–Trinajstić information content (AvgIpc) is 2.71. The Morgan fingerprint density at radius 1 is 1.29 bits per heavy atom. The topological polar surface area (TPSA) is 44.1 Å². The highest BCUT2D eigenvalue weighted by atomic mass is 16.5. The van der Waals surface area contributed by atoms with Gasteiger partial charge < -0.3 is 4.74 Å². The van der Waals surface area contributed by atoms with Crippen LogP contribution in [0.15, 0.2) is 30.5 Å². The smallest absolute Gasteiger partial charge is 0.341 e. The zero-order valence-corrected chi connectivity index (χ0v) is 10.1. The molecular weight excluding hydrogens is 216 g/mol. The van der Waals surface area contributed by atoms with Crippen molar-refractivity contribution in [1.29, 1.82) is 0 Å². The minimum Gasteiger partial charge on any atom is -0.465 e. The summed E-state index contributed by atoms with van der Waals surface area (Å²) in [6.07, 6.45) is 1.54. The van der Waals surface area contributed by atoms with Gasteiger partial charge in [0.2, 0.25) is 0 Å². The van der Waals surface area contributed by atoms with Crippen LogP contribution in [-0.4, -0.2) is 22.9 Å². The van der Waals surface area contributed by atoms with Crippen molar-refractivity contribution in [2.45, 2.75) is 13.8 Å². The van der Waals surface area contributed by atoms with Crippen molar-refractivity contribution in [2.24, 2.45) is 0 Å². The minimum atomic E-state index is -0.359. The number of nitrogens with zero attached hydrogens (tertiary/aromatic N) is 2. The van der Waals surface area contributed by atoms with Crippen molar-refractivity contribution in [3.8, 4) is 5.69 Å². The molecule has 0 bridgehead atoms. The molecule has 0 saturated heterocycles. The molecular formula is C13H14N2O2. The number of benzene rings is 1. The van der Waals surface area contributed by atoms with E-state index in [1.54, 1.807) is 4.68 Å². The summed E-state index contributed by atoms with van der Waals surface area (Å²) in [5, 5.41) is 4.23. The third kappa shape index (κ3) is 1.93. The molecule has 0 N–H and O–H groups in total. The first-order chi connectivity index (χ1) is 8.15. The highest BCUT2D eigenvalue weighted by Gasteiger charge is 2.15. The number of carbonyl (C=O) groups excluding carboxylic acids is 1. The lowest BCUT2D eigenvalue weighted by molar-refractivity contribution is 0.0600. The van der Waals surface area contributed by atoms with Gasteiger partial charge in [-0.1, -0.05) is 18.2 Å². The van der Waals surface area contributed by atoms with Crippen molar-refractivity contribution in [3.63, 3.8) is 0 Å². The van der Waals surface area contributed by atoms with E-state index in [9.17, 15) is 4.79 Å². The number of esters is 1. The number of methoxy groups -OCH3 is 1. The second-order valence-corrected chi connectivity index (χ2v) is 3.83. The van der Waals surface area contributed by atoms with Gasteiger partial charge in [0.05, 0.1) is 24.7 Å². The Morgan fingerprint density at radius 2 is 2.00 bits per heavy atom. The standard InChI is InChI=1S/C13H14N2O2/c1-9-6-4-5-7-12(9)15-10(2)11(8-14-15)13(16)17-3/h4-8H,1-3H3. The minimum absolute atomic E-state index is 0.359. The molecule has 1 aromatic carbocycles. The molecule has 1 heterocycles. The van der Waals surface area contributed by atoms with E-state index in [1.807, 2.05) is 38.1 Å². The summed E-state index contributed by atoms with van der Waals surface area (Å²) in [4.78, 5) is 11.5. The van der Waals surface area contributed by atoms with Crippen molar-refractivity contribution >= 4 is 5.97 Å². The summed E-state index contributed by atoms with van der Waals surface area (Å²) in [7, 11) is 1.37. The summed E-state index contributed by atoms with van der Waals surface area (Å²) in [6, 6.07) is 7.89. The van der Waals surface area contributed by atoms with Crippen LogP contribution in [0.1, 0.15) is 21.6 Å². The highest BCUT2D eigenvalue weighted by Crippen LogP contribution is 2.17. The molecule has 0 amide bonds. The molecule has 4 heteroatoms. The average molecular weight is 230 g/mol. The van der Waals surface area contributed by atoms with E-state index in [2.05, 4.69) is 5.10 Å². The quantitative estimate of drug-likeness (QED) is 0.743. The van der Waals surface area contributed by atoms with E-state index >= 15 is 0 Å². The second kappa shape index (κ2) is 4.41. The number of para-hydroxylation sites is 1. The van der Waals surface area contributed by atoms with Gasteiger partial charge in [-0.15, -0.1) is 0 Å². The fourth-order valence-corrected chi connectivity index (χ4v) is 1.76. The van der Waals surface area contributed by atoms with Crippen LogP contribution in [-0.2, 0) is 4.74 Å². The van der Waals surface area contributed by atoms with E-state index in [0.29, 0.717) is 5.56 Å². The summed E-state index contributed by atoms with van der Waals surface area (Å²) in [6.45, 7) is 3.86. The van der Waals surface area contributed by atoms with E-state index < -0.39 is 0 Å². The maximum absolute atomic E-state index is 11.5. The van der Waals surface area contributed by atoms with Gasteiger partial charge in [-0.25, -0.2) is 9.48 Å². The lowest BCUT2D eigenvalue weighted by Gasteiger charge is -2.07. The summed E-state index contributed by atoms with van der Waals surface area (Å²) < 4.78 is 6.46. The molecule has 0 fully saturated rings. The lowest BCUT2D eigenvalue weighted by atomic mass is 10.2. The van der Waals surface area contributed by atoms with E-state index in [1.165, 1.54) is 13.3 Å². The van der Waals surface area contributed by atoms with Crippen LogP contribution in [0, 0.1) is 13.8 Å². The van der Waals surface area contributed by atoms with Gasteiger partial charge in [-0.2, -0.15) is 5.10 Å². The van der Waals surface area contributed by atoms with Crippen molar-refractivity contribution in [1.82, 2.24) is 9.78 Å². The molecule has 17 heavy (non-hydrogen) atoms. The van der Waals surface area contributed by atoms with Gasteiger partial charge >= 0.3 is 5.97 Å². The van der Waals surface area contributed by atoms with Crippen LogP contribution >= 0.6 is 0 Å². The van der Waals surface area contributed by atoms with Crippen LogP contribution in [0.2, 0.25) is 0 Å². The van der Waals surface area contributed by atoms with Gasteiger partial charge in [0, 0.05) is 0 Å². The number of hydrogen-bond acceptors (Lipinski definition) is 3. The lowest BCUT2D eigenvalue weighted by Crippen LogP contribution is -2.05. The molecule has 4 nitrogen and oxygen atoms in total. The Bertz CT molecular complexity index is 558. The fraction of sp³-hybridized carbons (Fsp3) is 0.231. The van der Waals surface area contributed by atoms with Crippen LogP contribution in [0.25, 0.3) is 5.69 Å². The first kappa shape index (κ1) is 11.4. The molecule has 0 radical (unpaired) electrons. The Hall–Kier alpha value is -2.10. The number of carbonyl (C=O) groups is 1. The Labute approximate surface area is 99.8 Å². The monoisotopic (exact) mass is 230 g/mol. The fourth-order valence-electron chi connectivity index (χ4n) is 1.76. The molecule has 1 aromatic heterocycles. The number of hydrogen-bond donors (Lipinski definition) is 0. The molecule has 0 aliphatic rings. The maximum Gasteiger partial charge on any atom is 0.341 e. The van der Waals surface area contributed by atoms with Gasteiger partial charge in [-0.05, 0) is 25.5 Å². The van der Waals surface area contributed by atoms with Crippen molar-refractivity contribution < 1.29 is 9.53 Å². The van der Waals surface area contributed by atoms with Crippen LogP contribution in [0.5, 0.6) is 0 Å². The van der Waals surface area contributed by atoms with E-state index in [4.69, 9.17) is 4.74 Å². The predicted molar refractivity (Wildman–Crippen MR) is 64.4 cm³/mol. The summed E-state index contributed by atoms with van der Waals surface area (Å²) in [5.74, 6) is -0.359. The molecule has 2 rings (SSSR count). The van der Waals surface area contributed by atoms with Crippen LogP contribution in [0.3, 0.4) is 0 Å². The number of rotatable bonds is 2. The Kier molecular flexibility index (Phi) is 2.95. The zero-order valence-electron chi connectivity index (χ0n) is 10.1. The molecule has 0 atom stereocenters. The molecule has 0 unspecified atom stereocenters. The van der Waals surface area contributed by atoms with Crippen molar-refractivity contribution in [2.75, 3.05) is 7.11 Å². The largest absolute Gasteiger partial charge is 0.465 e. The van der Waals surface area contributed by atoms with Crippen LogP contribution in [0.4, 0.5) is 0 Å². The van der Waals surface area contributed by atoms with Gasteiger partial charge in [0.15, 0.2) is 0 Å². The van der Waals surface area contributed by atoms with Gasteiger partial charge in [0.1, 0.15) is 5.56 Å². The Balaban J connectivity index is 2.52. The zero-order chi connectivity index (χ0) is 12.4. The summed E-state index contributed by atoms with van der Waals surface area (Å²) in [5.41, 5.74) is 3.36. The molecule has 88 valence electrons. The SMILES string of the molecule is COC(=O)c1cnn(-c2ccccc2C)c1C. The number of aryl methyl sites for hydroxylation is 1. The van der Waals surface area contributed by atoms with E-state index in [-0.39, 0.29) is 5.97 Å². The van der Waals surface area contributed by atoms with Crippen molar-refractivity contribution in [3.05, 3.63) is 47.3 Å². The maximum atomic E-state index is 11.5. The number of aromatic nitrogens is 2. The van der Waals surface area contributed by atoms with Gasteiger partial charge in [0.25, 0.3) is 0 Å². The molecule has 0 spiro atoms. The first-order valence-corrected chi connectivity index (χ1v) is 5.34. The molecule has 0 saturated carbocycles. The predicted octanol–water partition coefficient (Wildman–Crippen LogP) is 2.28. The summed E-state index contributed by atoms with van der Waals surface area (Å²) >= 11 is 0. The molecule has 0 aliphatic carbocycles.